The van der Waals surface area contributed by atoms with Gasteiger partial charge in [-0.1, -0.05) is 28.1 Å². The zero-order valence-electron chi connectivity index (χ0n) is 8.81. The van der Waals surface area contributed by atoms with Crippen molar-refractivity contribution in [2.45, 2.75) is 12.5 Å². The minimum absolute atomic E-state index is 0.0277. The van der Waals surface area contributed by atoms with E-state index in [0.29, 0.717) is 0 Å². The smallest absolute Gasteiger partial charge is 0.0336 e. The van der Waals surface area contributed by atoms with Crippen molar-refractivity contribution in [3.8, 4) is 0 Å². The summed E-state index contributed by atoms with van der Waals surface area (Å²) >= 11 is 3.45. The molecule has 82 valence electrons. The number of halogens is 1. The Morgan fingerprint density at radius 2 is 1.94 bits per heavy atom. The predicted molar refractivity (Wildman–Crippen MR) is 69.0 cm³/mol. The van der Waals surface area contributed by atoms with Crippen molar-refractivity contribution in [1.82, 2.24) is 4.98 Å². The van der Waals surface area contributed by atoms with Crippen molar-refractivity contribution in [2.24, 2.45) is 5.73 Å². The molecule has 1 atom stereocenters. The van der Waals surface area contributed by atoms with E-state index in [1.165, 1.54) is 5.56 Å². The van der Waals surface area contributed by atoms with Gasteiger partial charge in [-0.05, 0) is 41.8 Å². The van der Waals surface area contributed by atoms with Crippen molar-refractivity contribution in [1.29, 1.82) is 0 Å². The fourth-order valence-corrected chi connectivity index (χ4v) is 2.04. The van der Waals surface area contributed by atoms with E-state index in [4.69, 9.17) is 5.73 Å². The van der Waals surface area contributed by atoms with Gasteiger partial charge in [-0.25, -0.2) is 0 Å². The first-order valence-corrected chi connectivity index (χ1v) is 5.95. The van der Waals surface area contributed by atoms with Crippen LogP contribution >= 0.6 is 15.9 Å². The molecule has 0 aliphatic rings. The molecular formula is C13H13BrN2. The molecule has 2 N–H and O–H groups in total. The number of rotatable bonds is 3. The molecule has 0 amide bonds. The number of aromatic nitrogens is 1. The van der Waals surface area contributed by atoms with E-state index in [1.54, 1.807) is 12.4 Å². The molecule has 1 aromatic carbocycles. The van der Waals surface area contributed by atoms with Gasteiger partial charge in [0, 0.05) is 22.9 Å². The molecular weight excluding hydrogens is 264 g/mol. The van der Waals surface area contributed by atoms with Gasteiger partial charge in [0.2, 0.25) is 0 Å². The Hall–Kier alpha value is -1.19. The number of benzene rings is 1. The maximum absolute atomic E-state index is 6.15. The van der Waals surface area contributed by atoms with Crippen molar-refractivity contribution in [3.05, 3.63) is 64.4 Å². The summed E-state index contributed by atoms with van der Waals surface area (Å²) in [5.74, 6) is 0. The second kappa shape index (κ2) is 5.23. The summed E-state index contributed by atoms with van der Waals surface area (Å²) in [6, 6.07) is 12.1. The van der Waals surface area contributed by atoms with Crippen LogP contribution in [0.25, 0.3) is 0 Å². The molecule has 2 nitrogen and oxygen atoms in total. The third-order valence-corrected chi connectivity index (χ3v) is 2.98. The second-order valence-corrected chi connectivity index (χ2v) is 4.64. The largest absolute Gasteiger partial charge is 0.324 e. The normalized spacial score (nSPS) is 12.4. The molecule has 2 rings (SSSR count). The first-order valence-electron chi connectivity index (χ1n) is 5.15. The maximum Gasteiger partial charge on any atom is 0.0336 e. The van der Waals surface area contributed by atoms with Gasteiger partial charge in [-0.15, -0.1) is 0 Å². The van der Waals surface area contributed by atoms with E-state index < -0.39 is 0 Å². The molecule has 1 heterocycles. The molecule has 0 aliphatic heterocycles. The summed E-state index contributed by atoms with van der Waals surface area (Å²) in [5, 5.41) is 0. The zero-order chi connectivity index (χ0) is 11.4. The second-order valence-electron chi connectivity index (χ2n) is 3.72. The first kappa shape index (κ1) is 11.3. The van der Waals surface area contributed by atoms with Gasteiger partial charge in [0.05, 0.1) is 0 Å². The van der Waals surface area contributed by atoms with Crippen LogP contribution in [0.5, 0.6) is 0 Å². The Morgan fingerprint density at radius 1 is 1.19 bits per heavy atom. The highest BCUT2D eigenvalue weighted by atomic mass is 79.9. The topological polar surface area (TPSA) is 38.9 Å². The van der Waals surface area contributed by atoms with E-state index in [2.05, 4.69) is 33.0 Å². The van der Waals surface area contributed by atoms with Gasteiger partial charge < -0.3 is 5.73 Å². The lowest BCUT2D eigenvalue weighted by atomic mass is 10.0. The Kier molecular flexibility index (Phi) is 3.70. The van der Waals surface area contributed by atoms with Crippen LogP contribution in [0.2, 0.25) is 0 Å². The summed E-state index contributed by atoms with van der Waals surface area (Å²) < 4.78 is 1.06. The monoisotopic (exact) mass is 276 g/mol. The lowest BCUT2D eigenvalue weighted by molar-refractivity contribution is 0.720. The summed E-state index contributed by atoms with van der Waals surface area (Å²) in [6.45, 7) is 0. The molecule has 1 aromatic heterocycles. The predicted octanol–water partition coefficient (Wildman–Crippen LogP) is 3.09. The molecule has 3 heteroatoms. The highest BCUT2D eigenvalue weighted by Gasteiger charge is 2.06. The third kappa shape index (κ3) is 2.90. The molecule has 0 bridgehead atoms. The van der Waals surface area contributed by atoms with E-state index in [0.717, 1.165) is 16.5 Å². The minimum Gasteiger partial charge on any atom is -0.324 e. The van der Waals surface area contributed by atoms with Crippen LogP contribution in [0, 0.1) is 0 Å². The van der Waals surface area contributed by atoms with Gasteiger partial charge in [-0.3, -0.25) is 4.98 Å². The van der Waals surface area contributed by atoms with E-state index in [1.807, 2.05) is 24.3 Å². The lowest BCUT2D eigenvalue weighted by Gasteiger charge is -2.12. The van der Waals surface area contributed by atoms with Gasteiger partial charge in [0.15, 0.2) is 0 Å². The average Bonchev–Trinajstić information content (AvgIpc) is 2.30. The number of hydrogen-bond donors (Lipinski definition) is 1. The van der Waals surface area contributed by atoms with Gasteiger partial charge >= 0.3 is 0 Å². The van der Waals surface area contributed by atoms with Gasteiger partial charge in [-0.2, -0.15) is 0 Å². The van der Waals surface area contributed by atoms with Crippen molar-refractivity contribution < 1.29 is 0 Å². The van der Waals surface area contributed by atoms with Crippen LogP contribution in [-0.2, 0) is 6.42 Å². The van der Waals surface area contributed by atoms with Crippen LogP contribution in [0.1, 0.15) is 17.2 Å². The Morgan fingerprint density at radius 3 is 2.62 bits per heavy atom. The van der Waals surface area contributed by atoms with Crippen LogP contribution in [0.4, 0.5) is 0 Å². The first-order chi connectivity index (χ1) is 7.75. The van der Waals surface area contributed by atoms with Crippen LogP contribution in [0.15, 0.2) is 53.3 Å². The number of pyridine rings is 1. The fraction of sp³-hybridized carbons (Fsp3) is 0.154. The van der Waals surface area contributed by atoms with Crippen LogP contribution < -0.4 is 5.73 Å². The van der Waals surface area contributed by atoms with Crippen molar-refractivity contribution in [3.63, 3.8) is 0 Å². The molecule has 0 saturated heterocycles. The lowest BCUT2D eigenvalue weighted by Crippen LogP contribution is -2.13. The molecule has 1 unspecified atom stereocenters. The summed E-state index contributed by atoms with van der Waals surface area (Å²) in [7, 11) is 0. The molecule has 0 spiro atoms. The SMILES string of the molecule is NC(Cc1ccncc1)c1cccc(Br)c1. The Labute approximate surface area is 104 Å². The standard InChI is InChI=1S/C13H13BrN2/c14-12-3-1-2-11(9-12)13(15)8-10-4-6-16-7-5-10/h1-7,9,13H,8,15H2. The van der Waals surface area contributed by atoms with Gasteiger partial charge in [0.25, 0.3) is 0 Å². The number of nitrogens with zero attached hydrogens (tertiary/aromatic N) is 1. The molecule has 2 aromatic rings. The number of hydrogen-bond acceptors (Lipinski definition) is 2. The summed E-state index contributed by atoms with van der Waals surface area (Å²) in [6.07, 6.45) is 4.42. The van der Waals surface area contributed by atoms with Crippen molar-refractivity contribution in [2.75, 3.05) is 0 Å². The molecule has 0 radical (unpaired) electrons. The quantitative estimate of drug-likeness (QED) is 0.936. The molecule has 0 aliphatic carbocycles. The van der Waals surface area contributed by atoms with E-state index in [-0.39, 0.29) is 6.04 Å². The summed E-state index contributed by atoms with van der Waals surface area (Å²) in [4.78, 5) is 3.99. The zero-order valence-corrected chi connectivity index (χ0v) is 10.4. The Bertz CT molecular complexity index is 456. The summed E-state index contributed by atoms with van der Waals surface area (Å²) in [5.41, 5.74) is 8.51. The highest BCUT2D eigenvalue weighted by Crippen LogP contribution is 2.19. The highest BCUT2D eigenvalue weighted by molar-refractivity contribution is 9.10. The van der Waals surface area contributed by atoms with E-state index >= 15 is 0 Å². The maximum atomic E-state index is 6.15. The van der Waals surface area contributed by atoms with Crippen LogP contribution in [-0.4, -0.2) is 4.98 Å². The fourth-order valence-electron chi connectivity index (χ4n) is 1.63. The Balaban J connectivity index is 2.12. The molecule has 16 heavy (non-hydrogen) atoms. The third-order valence-electron chi connectivity index (χ3n) is 2.48. The van der Waals surface area contributed by atoms with E-state index in [9.17, 15) is 0 Å². The number of nitrogens with two attached hydrogens (primary N) is 1. The minimum atomic E-state index is 0.0277. The molecule has 0 fully saturated rings. The van der Waals surface area contributed by atoms with Crippen LogP contribution in [0.3, 0.4) is 0 Å². The average molecular weight is 277 g/mol. The van der Waals surface area contributed by atoms with Crippen molar-refractivity contribution >= 4 is 15.9 Å². The molecule has 0 saturated carbocycles. The van der Waals surface area contributed by atoms with Gasteiger partial charge in [0.1, 0.15) is 0 Å².